The van der Waals surface area contributed by atoms with Crippen molar-refractivity contribution in [2.75, 3.05) is 19.7 Å². The third kappa shape index (κ3) is 7.62. The van der Waals surface area contributed by atoms with Gasteiger partial charge in [0.25, 0.3) is 0 Å². The lowest BCUT2D eigenvalue weighted by Gasteiger charge is -2.24. The maximum atomic E-state index is 11.1. The van der Waals surface area contributed by atoms with Crippen molar-refractivity contribution in [3.8, 4) is 0 Å². The van der Waals surface area contributed by atoms with Crippen molar-refractivity contribution < 1.29 is 25.1 Å². The predicted octanol–water partition coefficient (Wildman–Crippen LogP) is -1.62. The lowest BCUT2D eigenvalue weighted by atomic mass is 9.81. The summed E-state index contributed by atoms with van der Waals surface area (Å²) in [6, 6.07) is 0. The summed E-state index contributed by atoms with van der Waals surface area (Å²) in [5.41, 5.74) is 4.51. The van der Waals surface area contributed by atoms with Gasteiger partial charge in [0.1, 0.15) is 5.54 Å². The lowest BCUT2D eigenvalue weighted by molar-refractivity contribution is -0.143. The van der Waals surface area contributed by atoms with Crippen LogP contribution in [-0.4, -0.2) is 58.6 Å². The third-order valence-electron chi connectivity index (χ3n) is 2.80. The predicted molar refractivity (Wildman–Crippen MR) is 68.0 cm³/mol. The molecular weight excluding hydrogens is 239 g/mol. The van der Waals surface area contributed by atoms with E-state index in [0.29, 0.717) is 25.9 Å². The molecular formula is C10H23BN2O5. The Kier molecular flexibility index (Phi) is 8.95. The van der Waals surface area contributed by atoms with Crippen molar-refractivity contribution in [2.45, 2.75) is 37.5 Å². The highest BCUT2D eigenvalue weighted by molar-refractivity contribution is 6.40. The van der Waals surface area contributed by atoms with Crippen molar-refractivity contribution in [1.29, 1.82) is 0 Å². The largest absolute Gasteiger partial charge is 0.480 e. The average molecular weight is 262 g/mol. The van der Waals surface area contributed by atoms with Crippen LogP contribution in [0, 0.1) is 0 Å². The quantitative estimate of drug-likeness (QED) is 0.194. The van der Waals surface area contributed by atoms with E-state index < -0.39 is 18.6 Å². The Labute approximate surface area is 107 Å². The zero-order chi connectivity index (χ0) is 14.0. The number of unbranched alkanes of at least 4 members (excludes halogenated alkanes) is 1. The highest BCUT2D eigenvalue weighted by atomic mass is 16.4. The molecule has 1 atom stereocenters. The summed E-state index contributed by atoms with van der Waals surface area (Å²) in [5.74, 6) is -1.06. The Bertz CT molecular complexity index is 242. The van der Waals surface area contributed by atoms with Crippen molar-refractivity contribution in [2.24, 2.45) is 5.73 Å². The molecule has 0 aliphatic carbocycles. The highest BCUT2D eigenvalue weighted by Gasteiger charge is 2.32. The molecule has 0 bridgehead atoms. The minimum atomic E-state index is -1.35. The second-order valence-electron chi connectivity index (χ2n) is 4.41. The lowest BCUT2D eigenvalue weighted by Crippen LogP contribution is -2.49. The number of nitrogens with two attached hydrogens (primary N) is 1. The first kappa shape index (κ1) is 17.3. The number of aliphatic hydroxyl groups is 1. The van der Waals surface area contributed by atoms with Crippen LogP contribution in [0.2, 0.25) is 6.32 Å². The number of aliphatic carboxylic acids is 1. The number of rotatable bonds is 11. The Morgan fingerprint density at radius 2 is 1.89 bits per heavy atom. The first-order valence-corrected chi connectivity index (χ1v) is 6.12. The van der Waals surface area contributed by atoms with Gasteiger partial charge in [-0.1, -0.05) is 12.8 Å². The number of carboxylic acid groups (broad SMARTS) is 1. The van der Waals surface area contributed by atoms with Gasteiger partial charge < -0.3 is 31.3 Å². The molecule has 0 heterocycles. The van der Waals surface area contributed by atoms with Gasteiger partial charge in [-0.3, -0.25) is 4.79 Å². The molecule has 0 radical (unpaired) electrons. The molecule has 0 aromatic heterocycles. The van der Waals surface area contributed by atoms with E-state index in [-0.39, 0.29) is 25.8 Å². The van der Waals surface area contributed by atoms with Gasteiger partial charge in [-0.2, -0.15) is 0 Å². The van der Waals surface area contributed by atoms with Crippen molar-refractivity contribution in [1.82, 2.24) is 5.32 Å². The summed E-state index contributed by atoms with van der Waals surface area (Å²) in [5, 5.41) is 37.9. The van der Waals surface area contributed by atoms with Gasteiger partial charge in [0.15, 0.2) is 0 Å². The molecule has 0 aliphatic heterocycles. The topological polar surface area (TPSA) is 136 Å². The smallest absolute Gasteiger partial charge is 0.451 e. The van der Waals surface area contributed by atoms with Crippen molar-refractivity contribution >= 4 is 13.1 Å². The maximum absolute atomic E-state index is 11.1. The molecule has 0 aliphatic rings. The van der Waals surface area contributed by atoms with E-state index in [9.17, 15) is 4.79 Å². The van der Waals surface area contributed by atoms with Crippen LogP contribution in [0.5, 0.6) is 0 Å². The monoisotopic (exact) mass is 262 g/mol. The van der Waals surface area contributed by atoms with Crippen LogP contribution in [0.3, 0.4) is 0 Å². The van der Waals surface area contributed by atoms with E-state index in [0.717, 1.165) is 0 Å². The Morgan fingerprint density at radius 1 is 1.22 bits per heavy atom. The minimum absolute atomic E-state index is 0.000961. The maximum Gasteiger partial charge on any atom is 0.451 e. The van der Waals surface area contributed by atoms with Crippen LogP contribution < -0.4 is 11.1 Å². The molecule has 8 heteroatoms. The van der Waals surface area contributed by atoms with E-state index in [4.69, 9.17) is 26.0 Å². The summed E-state index contributed by atoms with van der Waals surface area (Å²) >= 11 is 0. The van der Waals surface area contributed by atoms with Gasteiger partial charge in [0.05, 0.1) is 6.61 Å². The molecule has 0 rings (SSSR count). The Hall–Kier alpha value is -0.665. The number of hydrogen-bond acceptors (Lipinski definition) is 6. The molecule has 1 unspecified atom stereocenters. The fourth-order valence-electron chi connectivity index (χ4n) is 1.62. The van der Waals surface area contributed by atoms with Crippen LogP contribution in [-0.2, 0) is 4.79 Å². The van der Waals surface area contributed by atoms with Gasteiger partial charge in [-0.05, 0) is 25.7 Å². The molecule has 7 N–H and O–H groups in total. The van der Waals surface area contributed by atoms with E-state index in [1.165, 1.54) is 0 Å². The zero-order valence-corrected chi connectivity index (χ0v) is 10.5. The molecule has 0 saturated carbocycles. The van der Waals surface area contributed by atoms with Crippen LogP contribution in [0.25, 0.3) is 0 Å². The second kappa shape index (κ2) is 9.29. The first-order valence-electron chi connectivity index (χ1n) is 6.12. The van der Waals surface area contributed by atoms with Crippen LogP contribution >= 0.6 is 0 Å². The molecule has 0 aromatic rings. The SMILES string of the molecule is NC(CCCCB(O)O)(CCNCCO)C(=O)O. The van der Waals surface area contributed by atoms with Crippen LogP contribution in [0.15, 0.2) is 0 Å². The average Bonchev–Trinajstić information content (AvgIpc) is 2.30. The van der Waals surface area contributed by atoms with E-state index >= 15 is 0 Å². The van der Waals surface area contributed by atoms with Gasteiger partial charge in [0.2, 0.25) is 0 Å². The number of carboxylic acids is 1. The number of aliphatic hydroxyl groups excluding tert-OH is 1. The Morgan fingerprint density at radius 3 is 2.39 bits per heavy atom. The van der Waals surface area contributed by atoms with Crippen LogP contribution in [0.1, 0.15) is 25.7 Å². The van der Waals surface area contributed by atoms with Gasteiger partial charge >= 0.3 is 13.1 Å². The van der Waals surface area contributed by atoms with E-state index in [2.05, 4.69) is 5.32 Å². The highest BCUT2D eigenvalue weighted by Crippen LogP contribution is 2.17. The molecule has 18 heavy (non-hydrogen) atoms. The number of hydrogen-bond donors (Lipinski definition) is 6. The molecule has 106 valence electrons. The minimum Gasteiger partial charge on any atom is -0.480 e. The zero-order valence-electron chi connectivity index (χ0n) is 10.5. The summed E-state index contributed by atoms with van der Waals surface area (Å²) in [7, 11) is -1.35. The Balaban J connectivity index is 3.98. The molecule has 7 nitrogen and oxygen atoms in total. The normalized spacial score (nSPS) is 14.2. The van der Waals surface area contributed by atoms with Crippen molar-refractivity contribution in [3.05, 3.63) is 0 Å². The van der Waals surface area contributed by atoms with Gasteiger partial charge in [0, 0.05) is 6.54 Å². The fourth-order valence-corrected chi connectivity index (χ4v) is 1.62. The molecule has 0 fully saturated rings. The second-order valence-corrected chi connectivity index (χ2v) is 4.41. The van der Waals surface area contributed by atoms with Crippen LogP contribution in [0.4, 0.5) is 0 Å². The van der Waals surface area contributed by atoms with Gasteiger partial charge in [-0.15, -0.1) is 0 Å². The van der Waals surface area contributed by atoms with E-state index in [1.807, 2.05) is 0 Å². The summed E-state index contributed by atoms with van der Waals surface area (Å²) in [6.07, 6.45) is 1.83. The fraction of sp³-hybridized carbons (Fsp3) is 0.900. The summed E-state index contributed by atoms with van der Waals surface area (Å²) in [6.45, 7) is 0.831. The molecule has 0 spiro atoms. The molecule has 0 aromatic carbocycles. The molecule has 0 amide bonds. The molecule has 0 saturated heterocycles. The summed E-state index contributed by atoms with van der Waals surface area (Å²) < 4.78 is 0. The standard InChI is InChI=1S/C10H23BN2O5/c12-10(9(15)16,4-6-13-7-8-14)3-1-2-5-11(17)18/h13-14,17-18H,1-8,12H2,(H,15,16). The van der Waals surface area contributed by atoms with Crippen molar-refractivity contribution in [3.63, 3.8) is 0 Å². The third-order valence-corrected chi connectivity index (χ3v) is 2.80. The van der Waals surface area contributed by atoms with Gasteiger partial charge in [-0.25, -0.2) is 0 Å². The van der Waals surface area contributed by atoms with E-state index in [1.54, 1.807) is 0 Å². The first-order chi connectivity index (χ1) is 8.42. The number of carbonyl (C=O) groups is 1. The number of nitrogens with one attached hydrogen (secondary N) is 1. The summed E-state index contributed by atoms with van der Waals surface area (Å²) in [4.78, 5) is 11.1.